The molecule has 3 heteroatoms. The Bertz CT molecular complexity index is 372. The summed E-state index contributed by atoms with van der Waals surface area (Å²) >= 11 is 0. The topological polar surface area (TPSA) is 37.3 Å². The van der Waals surface area contributed by atoms with Crippen molar-refractivity contribution in [1.82, 2.24) is 0 Å². The molecule has 0 aromatic heterocycles. The first kappa shape index (κ1) is 11.7. The van der Waals surface area contributed by atoms with Gasteiger partial charge in [0.15, 0.2) is 0 Å². The number of aliphatic carboxylic acids is 1. The first-order valence-corrected chi connectivity index (χ1v) is 4.95. The summed E-state index contributed by atoms with van der Waals surface area (Å²) in [5, 5.41) is 8.78. The van der Waals surface area contributed by atoms with Gasteiger partial charge in [0.25, 0.3) is 0 Å². The minimum absolute atomic E-state index is 0.110. The quantitative estimate of drug-likeness (QED) is 0.832. The second-order valence-corrected chi connectivity index (χ2v) is 4.00. The number of rotatable bonds is 3. The van der Waals surface area contributed by atoms with Gasteiger partial charge in [-0.25, -0.2) is 4.39 Å². The highest BCUT2D eigenvalue weighted by molar-refractivity contribution is 5.75. The molecule has 1 aromatic rings. The number of hydrogen-bond donors (Lipinski definition) is 1. The van der Waals surface area contributed by atoms with Crippen molar-refractivity contribution in [3.8, 4) is 0 Å². The van der Waals surface area contributed by atoms with Gasteiger partial charge in [-0.05, 0) is 30.0 Å². The summed E-state index contributed by atoms with van der Waals surface area (Å²) in [5.74, 6) is -1.82. The maximum Gasteiger partial charge on any atom is 0.310 e. The van der Waals surface area contributed by atoms with E-state index in [0.29, 0.717) is 11.1 Å². The highest BCUT2D eigenvalue weighted by atomic mass is 19.1. The Labute approximate surface area is 88.7 Å². The van der Waals surface area contributed by atoms with E-state index in [2.05, 4.69) is 0 Å². The Morgan fingerprint density at radius 3 is 2.33 bits per heavy atom. The molecule has 1 atom stereocenters. The van der Waals surface area contributed by atoms with Crippen molar-refractivity contribution < 1.29 is 14.3 Å². The molecular formula is C12H15FO2. The zero-order valence-corrected chi connectivity index (χ0v) is 9.12. The van der Waals surface area contributed by atoms with Crippen molar-refractivity contribution in [1.29, 1.82) is 0 Å². The lowest BCUT2D eigenvalue weighted by molar-refractivity contribution is -0.138. The predicted octanol–water partition coefficient (Wildman–Crippen LogP) is 3.14. The van der Waals surface area contributed by atoms with Gasteiger partial charge in [-0.2, -0.15) is 0 Å². The zero-order chi connectivity index (χ0) is 11.6. The summed E-state index contributed by atoms with van der Waals surface area (Å²) in [6.07, 6.45) is 0. The van der Waals surface area contributed by atoms with Gasteiger partial charge in [-0.3, -0.25) is 4.79 Å². The molecule has 0 aliphatic carbocycles. The van der Waals surface area contributed by atoms with Gasteiger partial charge in [0, 0.05) is 0 Å². The molecule has 0 saturated heterocycles. The molecule has 0 saturated carbocycles. The average Bonchev–Trinajstić information content (AvgIpc) is 2.15. The highest BCUT2D eigenvalue weighted by Gasteiger charge is 2.16. The minimum Gasteiger partial charge on any atom is -0.481 e. The smallest absolute Gasteiger partial charge is 0.310 e. The van der Waals surface area contributed by atoms with Crippen LogP contribution in [0.25, 0.3) is 0 Å². The van der Waals surface area contributed by atoms with Gasteiger partial charge < -0.3 is 5.11 Å². The Morgan fingerprint density at radius 1 is 1.33 bits per heavy atom. The van der Waals surface area contributed by atoms with E-state index in [1.165, 1.54) is 6.07 Å². The Kier molecular flexibility index (Phi) is 3.45. The third-order valence-corrected chi connectivity index (χ3v) is 2.52. The Balaban J connectivity index is 3.06. The SMILES string of the molecule is CC(C)c1ccc(C(C)C(=O)O)cc1F. The van der Waals surface area contributed by atoms with Gasteiger partial charge >= 0.3 is 5.97 Å². The molecule has 0 spiro atoms. The molecule has 0 bridgehead atoms. The van der Waals surface area contributed by atoms with E-state index < -0.39 is 11.9 Å². The van der Waals surface area contributed by atoms with Crippen LogP contribution in [0, 0.1) is 5.82 Å². The fraction of sp³-hybridized carbons (Fsp3) is 0.417. The molecule has 15 heavy (non-hydrogen) atoms. The molecule has 2 nitrogen and oxygen atoms in total. The summed E-state index contributed by atoms with van der Waals surface area (Å²) < 4.78 is 13.5. The van der Waals surface area contributed by atoms with Gasteiger partial charge in [0.2, 0.25) is 0 Å². The molecule has 0 heterocycles. The van der Waals surface area contributed by atoms with Crippen LogP contribution in [-0.4, -0.2) is 11.1 Å². The molecule has 0 amide bonds. The normalized spacial score (nSPS) is 12.9. The van der Waals surface area contributed by atoms with Crippen LogP contribution >= 0.6 is 0 Å². The second kappa shape index (κ2) is 4.43. The highest BCUT2D eigenvalue weighted by Crippen LogP contribution is 2.23. The predicted molar refractivity (Wildman–Crippen MR) is 56.5 cm³/mol. The van der Waals surface area contributed by atoms with Gasteiger partial charge in [-0.15, -0.1) is 0 Å². The van der Waals surface area contributed by atoms with E-state index in [9.17, 15) is 9.18 Å². The maximum absolute atomic E-state index is 13.5. The molecule has 1 aromatic carbocycles. The summed E-state index contributed by atoms with van der Waals surface area (Å²) in [7, 11) is 0. The molecule has 0 fully saturated rings. The number of benzene rings is 1. The second-order valence-electron chi connectivity index (χ2n) is 4.00. The van der Waals surface area contributed by atoms with Crippen molar-refractivity contribution in [2.24, 2.45) is 0 Å². The number of halogens is 1. The fourth-order valence-corrected chi connectivity index (χ4v) is 1.42. The molecule has 1 rings (SSSR count). The lowest BCUT2D eigenvalue weighted by Gasteiger charge is -2.11. The van der Waals surface area contributed by atoms with Crippen molar-refractivity contribution >= 4 is 5.97 Å². The van der Waals surface area contributed by atoms with Crippen molar-refractivity contribution in [3.63, 3.8) is 0 Å². The monoisotopic (exact) mass is 210 g/mol. The van der Waals surface area contributed by atoms with Gasteiger partial charge in [0.1, 0.15) is 5.82 Å². The van der Waals surface area contributed by atoms with Gasteiger partial charge in [-0.1, -0.05) is 26.0 Å². The lowest BCUT2D eigenvalue weighted by atomic mass is 9.96. The van der Waals surface area contributed by atoms with E-state index in [0.717, 1.165) is 0 Å². The fourth-order valence-electron chi connectivity index (χ4n) is 1.42. The van der Waals surface area contributed by atoms with Crippen LogP contribution in [0.15, 0.2) is 18.2 Å². The van der Waals surface area contributed by atoms with Crippen LogP contribution in [0.1, 0.15) is 43.7 Å². The third-order valence-electron chi connectivity index (χ3n) is 2.52. The number of hydrogen-bond acceptors (Lipinski definition) is 1. The van der Waals surface area contributed by atoms with E-state index in [4.69, 9.17) is 5.11 Å². The van der Waals surface area contributed by atoms with Crippen molar-refractivity contribution in [2.75, 3.05) is 0 Å². The first-order chi connectivity index (χ1) is 6.93. The molecule has 0 radical (unpaired) electrons. The lowest BCUT2D eigenvalue weighted by Crippen LogP contribution is -2.08. The van der Waals surface area contributed by atoms with Crippen LogP contribution in [0.4, 0.5) is 4.39 Å². The van der Waals surface area contributed by atoms with E-state index >= 15 is 0 Å². The third kappa shape index (κ3) is 2.55. The summed E-state index contributed by atoms with van der Waals surface area (Å²) in [6, 6.07) is 4.65. The van der Waals surface area contributed by atoms with E-state index in [1.807, 2.05) is 13.8 Å². The molecule has 82 valence electrons. The van der Waals surface area contributed by atoms with Crippen molar-refractivity contribution in [2.45, 2.75) is 32.6 Å². The standard InChI is InChI=1S/C12H15FO2/c1-7(2)10-5-4-9(6-11(10)13)8(3)12(14)15/h4-8H,1-3H3,(H,14,15). The van der Waals surface area contributed by atoms with Crippen molar-refractivity contribution in [3.05, 3.63) is 35.1 Å². The Morgan fingerprint density at radius 2 is 1.93 bits per heavy atom. The molecule has 1 N–H and O–H groups in total. The number of carbonyl (C=O) groups is 1. The summed E-state index contributed by atoms with van der Waals surface area (Å²) in [5.41, 5.74) is 1.13. The molecule has 0 aliphatic rings. The average molecular weight is 210 g/mol. The molecule has 0 aliphatic heterocycles. The molecule has 1 unspecified atom stereocenters. The van der Waals surface area contributed by atoms with Crippen LogP contribution in [-0.2, 0) is 4.79 Å². The summed E-state index contributed by atoms with van der Waals surface area (Å²) in [4.78, 5) is 10.7. The zero-order valence-electron chi connectivity index (χ0n) is 9.12. The first-order valence-electron chi connectivity index (χ1n) is 4.95. The Hall–Kier alpha value is -1.38. The van der Waals surface area contributed by atoms with E-state index in [1.54, 1.807) is 19.1 Å². The van der Waals surface area contributed by atoms with E-state index in [-0.39, 0.29) is 11.7 Å². The largest absolute Gasteiger partial charge is 0.481 e. The molecular weight excluding hydrogens is 195 g/mol. The van der Waals surface area contributed by atoms with Crippen LogP contribution in [0.3, 0.4) is 0 Å². The van der Waals surface area contributed by atoms with Crippen LogP contribution < -0.4 is 0 Å². The minimum atomic E-state index is -0.938. The summed E-state index contributed by atoms with van der Waals surface area (Å²) in [6.45, 7) is 5.35. The van der Waals surface area contributed by atoms with Crippen LogP contribution in [0.2, 0.25) is 0 Å². The number of carboxylic acid groups (broad SMARTS) is 1. The van der Waals surface area contributed by atoms with Crippen LogP contribution in [0.5, 0.6) is 0 Å². The maximum atomic E-state index is 13.5. The number of carboxylic acids is 1. The van der Waals surface area contributed by atoms with Gasteiger partial charge in [0.05, 0.1) is 5.92 Å².